The predicted molar refractivity (Wildman–Crippen MR) is 93.4 cm³/mol. The van der Waals surface area contributed by atoms with Gasteiger partial charge in [-0.3, -0.25) is 9.59 Å². The summed E-state index contributed by atoms with van der Waals surface area (Å²) < 4.78 is 5.29. The molecule has 0 aromatic heterocycles. The van der Waals surface area contributed by atoms with E-state index in [9.17, 15) is 9.59 Å². The zero-order chi connectivity index (χ0) is 17.5. The van der Waals surface area contributed by atoms with Crippen molar-refractivity contribution in [3.8, 4) is 5.75 Å². The number of ether oxygens (including phenoxy) is 1. The highest BCUT2D eigenvalue weighted by atomic mass is 16.5. The Kier molecular flexibility index (Phi) is 14.4. The van der Waals surface area contributed by atoms with Gasteiger partial charge in [0, 0.05) is 20.4 Å². The van der Waals surface area contributed by atoms with Gasteiger partial charge in [-0.25, -0.2) is 0 Å². The summed E-state index contributed by atoms with van der Waals surface area (Å²) in [6.07, 6.45) is 2.16. The van der Waals surface area contributed by atoms with Crippen molar-refractivity contribution in [3.05, 3.63) is 24.3 Å². The maximum absolute atomic E-state index is 11.6. The highest BCUT2D eigenvalue weighted by Crippen LogP contribution is 2.27. The van der Waals surface area contributed by atoms with Crippen molar-refractivity contribution in [1.29, 1.82) is 0 Å². The average molecular weight is 309 g/mol. The van der Waals surface area contributed by atoms with Crippen LogP contribution in [0.5, 0.6) is 5.75 Å². The first kappa shape index (κ1) is 22.4. The van der Waals surface area contributed by atoms with Gasteiger partial charge in [-0.05, 0) is 18.6 Å². The maximum atomic E-state index is 11.6. The number of carbonyl (C=O) groups is 2. The molecule has 0 aliphatic heterocycles. The largest absolute Gasteiger partial charge is 0.424 e. The van der Waals surface area contributed by atoms with E-state index < -0.39 is 0 Å². The lowest BCUT2D eigenvalue weighted by molar-refractivity contribution is -0.134. The Balaban J connectivity index is 0. The van der Waals surface area contributed by atoms with Gasteiger partial charge >= 0.3 is 5.97 Å². The Hall–Kier alpha value is -1.84. The fourth-order valence-electron chi connectivity index (χ4n) is 1.48. The van der Waals surface area contributed by atoms with Gasteiger partial charge in [-0.15, -0.1) is 0 Å². The van der Waals surface area contributed by atoms with Crippen LogP contribution in [0.25, 0.3) is 0 Å². The normalized spacial score (nSPS) is 8.68. The van der Waals surface area contributed by atoms with E-state index in [1.165, 1.54) is 11.8 Å². The number of nitrogens with zero attached hydrogens (tertiary/aromatic N) is 1. The second kappa shape index (κ2) is 14.1. The molecular formula is C18H31NO3. The van der Waals surface area contributed by atoms with Crippen LogP contribution in [0, 0.1) is 0 Å². The minimum absolute atomic E-state index is 0.105. The third-order valence-electron chi connectivity index (χ3n) is 2.66. The number of amides is 1. The summed E-state index contributed by atoms with van der Waals surface area (Å²) in [6.45, 7) is 11.5. The number of esters is 1. The number of hydrogen-bond acceptors (Lipinski definition) is 3. The van der Waals surface area contributed by atoms with Crippen LogP contribution in [0.3, 0.4) is 0 Å². The molecule has 0 heterocycles. The summed E-state index contributed by atoms with van der Waals surface area (Å²) in [5.41, 5.74) is 0.606. The van der Waals surface area contributed by atoms with Crippen molar-refractivity contribution in [2.24, 2.45) is 0 Å². The quantitative estimate of drug-likeness (QED) is 0.579. The van der Waals surface area contributed by atoms with E-state index in [-0.39, 0.29) is 11.9 Å². The molecule has 0 radical (unpaired) electrons. The smallest absolute Gasteiger partial charge is 0.311 e. The van der Waals surface area contributed by atoms with Crippen molar-refractivity contribution >= 4 is 17.6 Å². The Morgan fingerprint density at radius 3 is 2.14 bits per heavy atom. The molecule has 0 bridgehead atoms. The Labute approximate surface area is 135 Å². The zero-order valence-electron chi connectivity index (χ0n) is 15.1. The van der Waals surface area contributed by atoms with Gasteiger partial charge in [-0.2, -0.15) is 0 Å². The van der Waals surface area contributed by atoms with Crippen LogP contribution in [0.4, 0.5) is 5.69 Å². The Morgan fingerprint density at radius 2 is 1.64 bits per heavy atom. The molecule has 0 atom stereocenters. The van der Waals surface area contributed by atoms with E-state index in [0.717, 1.165) is 12.8 Å². The number of unbranched alkanes of at least 4 members (excludes halogenated alkanes) is 1. The minimum Gasteiger partial charge on any atom is -0.424 e. The lowest BCUT2D eigenvalue weighted by atomic mass is 10.2. The molecule has 0 aliphatic rings. The molecule has 1 rings (SSSR count). The summed E-state index contributed by atoms with van der Waals surface area (Å²) in [7, 11) is 1.65. The van der Waals surface area contributed by atoms with Crippen molar-refractivity contribution < 1.29 is 14.3 Å². The first-order chi connectivity index (χ1) is 10.6. The molecule has 126 valence electrons. The van der Waals surface area contributed by atoms with Crippen LogP contribution in [0.2, 0.25) is 0 Å². The van der Waals surface area contributed by atoms with Gasteiger partial charge in [0.2, 0.25) is 5.91 Å². The van der Waals surface area contributed by atoms with E-state index in [1.54, 1.807) is 31.3 Å². The molecule has 0 saturated heterocycles. The van der Waals surface area contributed by atoms with Crippen LogP contribution < -0.4 is 9.64 Å². The highest BCUT2D eigenvalue weighted by molar-refractivity contribution is 5.93. The standard InChI is InChI=1S/C14H19NO3.2C2H6/c1-4-5-10-14(17)18-13-9-7-6-8-12(13)15(3)11(2)16;2*1-2/h6-9H,4-5,10H2,1-3H3;2*1-2H3. The minimum atomic E-state index is -0.263. The molecule has 0 aliphatic carbocycles. The summed E-state index contributed by atoms with van der Waals surface area (Å²) in [6, 6.07) is 7.03. The van der Waals surface area contributed by atoms with Gasteiger partial charge in [0.05, 0.1) is 5.69 Å². The first-order valence-electron chi connectivity index (χ1n) is 8.10. The molecule has 0 N–H and O–H groups in total. The molecule has 22 heavy (non-hydrogen) atoms. The molecule has 4 nitrogen and oxygen atoms in total. The van der Waals surface area contributed by atoms with Crippen molar-refractivity contribution in [2.75, 3.05) is 11.9 Å². The second-order valence-corrected chi connectivity index (χ2v) is 4.12. The number of para-hydroxylation sites is 2. The van der Waals surface area contributed by atoms with Gasteiger partial charge in [0.1, 0.15) is 0 Å². The van der Waals surface area contributed by atoms with Crippen LogP contribution in [-0.4, -0.2) is 18.9 Å². The number of anilines is 1. The van der Waals surface area contributed by atoms with Crippen LogP contribution in [-0.2, 0) is 9.59 Å². The predicted octanol–water partition coefficient (Wildman–Crippen LogP) is 4.82. The fourth-order valence-corrected chi connectivity index (χ4v) is 1.48. The molecule has 1 amide bonds. The fraction of sp³-hybridized carbons (Fsp3) is 0.556. The second-order valence-electron chi connectivity index (χ2n) is 4.12. The summed E-state index contributed by atoms with van der Waals surface area (Å²) >= 11 is 0. The lowest BCUT2D eigenvalue weighted by Gasteiger charge is -2.18. The Morgan fingerprint density at radius 1 is 1.09 bits per heavy atom. The average Bonchev–Trinajstić information content (AvgIpc) is 2.56. The van der Waals surface area contributed by atoms with Crippen LogP contribution in [0.15, 0.2) is 24.3 Å². The summed E-state index contributed by atoms with van der Waals surface area (Å²) in [5, 5.41) is 0. The van der Waals surface area contributed by atoms with Gasteiger partial charge < -0.3 is 9.64 Å². The molecule has 0 spiro atoms. The molecule has 1 aromatic rings. The summed E-state index contributed by atoms with van der Waals surface area (Å²) in [5.74, 6) is 0.0598. The van der Waals surface area contributed by atoms with Gasteiger partial charge in [0.15, 0.2) is 5.75 Å². The molecular weight excluding hydrogens is 278 g/mol. The number of rotatable bonds is 5. The third-order valence-corrected chi connectivity index (χ3v) is 2.66. The van der Waals surface area contributed by atoms with Crippen molar-refractivity contribution in [1.82, 2.24) is 0 Å². The van der Waals surface area contributed by atoms with Crippen LogP contribution in [0.1, 0.15) is 60.8 Å². The highest BCUT2D eigenvalue weighted by Gasteiger charge is 2.13. The van der Waals surface area contributed by atoms with E-state index in [4.69, 9.17) is 4.74 Å². The molecule has 1 aromatic carbocycles. The van der Waals surface area contributed by atoms with Gasteiger partial charge in [0.25, 0.3) is 0 Å². The van der Waals surface area contributed by atoms with E-state index in [2.05, 4.69) is 0 Å². The molecule has 0 saturated carbocycles. The van der Waals surface area contributed by atoms with E-state index >= 15 is 0 Å². The Bertz CT molecular complexity index is 430. The molecule has 0 fully saturated rings. The van der Waals surface area contributed by atoms with E-state index in [0.29, 0.717) is 17.9 Å². The molecule has 4 heteroatoms. The summed E-state index contributed by atoms with van der Waals surface area (Å²) in [4.78, 5) is 24.4. The zero-order valence-corrected chi connectivity index (χ0v) is 15.1. The SMILES string of the molecule is CC.CC.CCCCC(=O)Oc1ccccc1N(C)C(C)=O. The number of benzene rings is 1. The van der Waals surface area contributed by atoms with Crippen molar-refractivity contribution in [3.63, 3.8) is 0 Å². The van der Waals surface area contributed by atoms with Crippen molar-refractivity contribution in [2.45, 2.75) is 60.8 Å². The van der Waals surface area contributed by atoms with Crippen LogP contribution >= 0.6 is 0 Å². The number of carbonyl (C=O) groups excluding carboxylic acids is 2. The lowest BCUT2D eigenvalue weighted by Crippen LogP contribution is -2.24. The first-order valence-corrected chi connectivity index (χ1v) is 8.10. The maximum Gasteiger partial charge on any atom is 0.311 e. The number of hydrogen-bond donors (Lipinski definition) is 0. The monoisotopic (exact) mass is 309 g/mol. The topological polar surface area (TPSA) is 46.6 Å². The van der Waals surface area contributed by atoms with E-state index in [1.807, 2.05) is 34.6 Å². The molecule has 0 unspecified atom stereocenters. The van der Waals surface area contributed by atoms with Gasteiger partial charge in [-0.1, -0.05) is 53.2 Å². The third kappa shape index (κ3) is 8.45.